The zero-order valence-corrected chi connectivity index (χ0v) is 7.77. The van der Waals surface area contributed by atoms with E-state index in [0.29, 0.717) is 6.42 Å². The van der Waals surface area contributed by atoms with Crippen LogP contribution in [0.2, 0.25) is 0 Å². The van der Waals surface area contributed by atoms with Crippen molar-refractivity contribution in [1.82, 2.24) is 0 Å². The molecule has 13 heavy (non-hydrogen) atoms. The Bertz CT molecular complexity index is 244. The Hall–Kier alpha value is -1.15. The highest BCUT2D eigenvalue weighted by molar-refractivity contribution is 5.49. The molecule has 0 aliphatic rings. The van der Waals surface area contributed by atoms with Crippen LogP contribution in [0.5, 0.6) is 0 Å². The van der Waals surface area contributed by atoms with Crippen LogP contribution in [0.1, 0.15) is 24.5 Å². The number of methoxy groups -OCH3 is 1. The Morgan fingerprint density at radius 3 is 2.62 bits per heavy atom. The molecule has 2 heteroatoms. The second kappa shape index (κ2) is 5.49. The van der Waals surface area contributed by atoms with Gasteiger partial charge in [-0.15, -0.1) is 0 Å². The summed E-state index contributed by atoms with van der Waals surface area (Å²) in [5.74, 6) is 0. The van der Waals surface area contributed by atoms with E-state index in [2.05, 4.69) is 0 Å². The first-order valence-electron chi connectivity index (χ1n) is 4.40. The van der Waals surface area contributed by atoms with Crippen LogP contribution in [0.3, 0.4) is 0 Å². The van der Waals surface area contributed by atoms with Crippen molar-refractivity contribution < 1.29 is 9.53 Å². The first-order chi connectivity index (χ1) is 6.38. The van der Waals surface area contributed by atoms with Crippen LogP contribution in [0.15, 0.2) is 30.3 Å². The number of benzene rings is 1. The molecule has 0 aromatic heterocycles. The van der Waals surface area contributed by atoms with Gasteiger partial charge in [0, 0.05) is 13.5 Å². The summed E-state index contributed by atoms with van der Waals surface area (Å²) in [6.45, 7) is 0. The second-order valence-corrected chi connectivity index (χ2v) is 2.88. The van der Waals surface area contributed by atoms with Crippen LogP contribution in [0, 0.1) is 0 Å². The molecule has 1 unspecified atom stereocenters. The fourth-order valence-electron chi connectivity index (χ4n) is 1.31. The summed E-state index contributed by atoms with van der Waals surface area (Å²) >= 11 is 0. The molecule has 0 spiro atoms. The molecule has 0 N–H and O–H groups in total. The van der Waals surface area contributed by atoms with E-state index >= 15 is 0 Å². The smallest absolute Gasteiger partial charge is 0.120 e. The van der Waals surface area contributed by atoms with Crippen LogP contribution in [0.25, 0.3) is 0 Å². The summed E-state index contributed by atoms with van der Waals surface area (Å²) in [5.41, 5.74) is 1.13. The highest BCUT2D eigenvalue weighted by Gasteiger charge is 2.08. The molecule has 2 nitrogen and oxygen atoms in total. The van der Waals surface area contributed by atoms with E-state index in [4.69, 9.17) is 4.74 Å². The van der Waals surface area contributed by atoms with Gasteiger partial charge in [-0.2, -0.15) is 0 Å². The maximum atomic E-state index is 10.2. The number of carbonyl (C=O) groups is 1. The molecule has 70 valence electrons. The average Bonchev–Trinajstić information content (AvgIpc) is 2.21. The predicted molar refractivity (Wildman–Crippen MR) is 51.5 cm³/mol. The zero-order valence-electron chi connectivity index (χ0n) is 7.77. The Labute approximate surface area is 78.5 Å². The fourth-order valence-corrected chi connectivity index (χ4v) is 1.31. The van der Waals surface area contributed by atoms with Crippen LogP contribution in [-0.2, 0) is 9.53 Å². The molecule has 0 heterocycles. The van der Waals surface area contributed by atoms with Gasteiger partial charge in [0.1, 0.15) is 6.29 Å². The average molecular weight is 178 g/mol. The van der Waals surface area contributed by atoms with Crippen molar-refractivity contribution in [2.75, 3.05) is 7.11 Å². The standard InChI is InChI=1S/C11H14O2/c1-13-11(8-5-9-12)10-6-3-2-4-7-10/h2-4,6-7,9,11H,5,8H2,1H3. The molecule has 1 rings (SSSR count). The van der Waals surface area contributed by atoms with Crippen LogP contribution >= 0.6 is 0 Å². The largest absolute Gasteiger partial charge is 0.377 e. The summed E-state index contributed by atoms with van der Waals surface area (Å²) in [7, 11) is 1.67. The van der Waals surface area contributed by atoms with Crippen LogP contribution < -0.4 is 0 Å². The van der Waals surface area contributed by atoms with E-state index in [1.54, 1.807) is 7.11 Å². The van der Waals surface area contributed by atoms with Gasteiger partial charge in [0.15, 0.2) is 0 Å². The summed E-state index contributed by atoms with van der Waals surface area (Å²) in [6.07, 6.45) is 2.28. The maximum Gasteiger partial charge on any atom is 0.120 e. The highest BCUT2D eigenvalue weighted by Crippen LogP contribution is 2.20. The lowest BCUT2D eigenvalue weighted by atomic mass is 10.1. The number of hydrogen-bond acceptors (Lipinski definition) is 2. The van der Waals surface area contributed by atoms with E-state index in [1.165, 1.54) is 0 Å². The summed E-state index contributed by atoms with van der Waals surface area (Å²) < 4.78 is 5.28. The molecule has 0 radical (unpaired) electrons. The number of rotatable bonds is 5. The monoisotopic (exact) mass is 178 g/mol. The fraction of sp³-hybridized carbons (Fsp3) is 0.364. The lowest BCUT2D eigenvalue weighted by Gasteiger charge is -2.13. The van der Waals surface area contributed by atoms with Gasteiger partial charge in [-0.3, -0.25) is 0 Å². The normalized spacial score (nSPS) is 12.4. The number of aldehydes is 1. The SMILES string of the molecule is COC(CCC=O)c1ccccc1. The van der Waals surface area contributed by atoms with Gasteiger partial charge in [0.2, 0.25) is 0 Å². The van der Waals surface area contributed by atoms with Crippen molar-refractivity contribution in [3.63, 3.8) is 0 Å². The Morgan fingerprint density at radius 2 is 2.08 bits per heavy atom. The minimum absolute atomic E-state index is 0.0476. The molecule has 1 atom stereocenters. The second-order valence-electron chi connectivity index (χ2n) is 2.88. The zero-order chi connectivity index (χ0) is 9.52. The number of hydrogen-bond donors (Lipinski definition) is 0. The van der Waals surface area contributed by atoms with E-state index < -0.39 is 0 Å². The van der Waals surface area contributed by atoms with Gasteiger partial charge in [0.05, 0.1) is 6.10 Å². The van der Waals surface area contributed by atoms with Crippen LogP contribution in [0.4, 0.5) is 0 Å². The first-order valence-corrected chi connectivity index (χ1v) is 4.40. The van der Waals surface area contributed by atoms with Gasteiger partial charge in [-0.05, 0) is 12.0 Å². The molecule has 0 aliphatic heterocycles. The summed E-state index contributed by atoms with van der Waals surface area (Å²) in [4.78, 5) is 10.2. The number of ether oxygens (including phenoxy) is 1. The summed E-state index contributed by atoms with van der Waals surface area (Å²) in [6, 6.07) is 9.94. The lowest BCUT2D eigenvalue weighted by molar-refractivity contribution is -0.108. The predicted octanol–water partition coefficient (Wildman–Crippen LogP) is 2.35. The van der Waals surface area contributed by atoms with E-state index in [-0.39, 0.29) is 6.10 Å². The van der Waals surface area contributed by atoms with Crippen molar-refractivity contribution in [2.45, 2.75) is 18.9 Å². The van der Waals surface area contributed by atoms with Gasteiger partial charge >= 0.3 is 0 Å². The molecular weight excluding hydrogens is 164 g/mol. The van der Waals surface area contributed by atoms with E-state index in [0.717, 1.165) is 18.3 Å². The summed E-state index contributed by atoms with van der Waals surface area (Å²) in [5, 5.41) is 0. The van der Waals surface area contributed by atoms with Crippen molar-refractivity contribution in [3.05, 3.63) is 35.9 Å². The van der Waals surface area contributed by atoms with E-state index in [1.807, 2.05) is 30.3 Å². The third-order valence-electron chi connectivity index (χ3n) is 2.00. The molecule has 0 saturated heterocycles. The minimum atomic E-state index is 0.0476. The Morgan fingerprint density at radius 1 is 1.38 bits per heavy atom. The van der Waals surface area contributed by atoms with Crippen molar-refractivity contribution in [3.8, 4) is 0 Å². The van der Waals surface area contributed by atoms with Crippen molar-refractivity contribution in [2.24, 2.45) is 0 Å². The third kappa shape index (κ3) is 2.99. The van der Waals surface area contributed by atoms with Gasteiger partial charge in [0.25, 0.3) is 0 Å². The number of carbonyl (C=O) groups excluding carboxylic acids is 1. The quantitative estimate of drug-likeness (QED) is 0.647. The molecule has 0 fully saturated rings. The van der Waals surface area contributed by atoms with Gasteiger partial charge < -0.3 is 9.53 Å². The topological polar surface area (TPSA) is 26.3 Å². The Balaban J connectivity index is 2.61. The first kappa shape index (κ1) is 9.93. The molecule has 0 saturated carbocycles. The highest BCUT2D eigenvalue weighted by atomic mass is 16.5. The van der Waals surface area contributed by atoms with Gasteiger partial charge in [-0.25, -0.2) is 0 Å². The lowest BCUT2D eigenvalue weighted by Crippen LogP contribution is -2.01. The molecule has 0 aliphatic carbocycles. The third-order valence-corrected chi connectivity index (χ3v) is 2.00. The van der Waals surface area contributed by atoms with Crippen molar-refractivity contribution in [1.29, 1.82) is 0 Å². The van der Waals surface area contributed by atoms with Crippen LogP contribution in [-0.4, -0.2) is 13.4 Å². The Kier molecular flexibility index (Phi) is 4.19. The minimum Gasteiger partial charge on any atom is -0.377 e. The molecule has 1 aromatic rings. The molecular formula is C11H14O2. The van der Waals surface area contributed by atoms with Crippen molar-refractivity contribution >= 4 is 6.29 Å². The maximum absolute atomic E-state index is 10.2. The molecule has 0 bridgehead atoms. The van der Waals surface area contributed by atoms with Gasteiger partial charge in [-0.1, -0.05) is 30.3 Å². The molecule has 0 amide bonds. The van der Waals surface area contributed by atoms with E-state index in [9.17, 15) is 4.79 Å². The molecule has 1 aromatic carbocycles.